The maximum Gasteiger partial charge on any atom is 0.274 e. The number of aryl methyl sites for hydroxylation is 1. The summed E-state index contributed by atoms with van der Waals surface area (Å²) in [6.45, 7) is 7.51. The van der Waals surface area contributed by atoms with Gasteiger partial charge in [0.25, 0.3) is 5.69 Å². The summed E-state index contributed by atoms with van der Waals surface area (Å²) in [5.41, 5.74) is 0.451. The lowest BCUT2D eigenvalue weighted by Gasteiger charge is -2.17. The predicted octanol–water partition coefficient (Wildman–Crippen LogP) is 2.78. The van der Waals surface area contributed by atoms with Crippen molar-refractivity contribution in [3.63, 3.8) is 0 Å². The topological polar surface area (TPSA) is 101 Å². The van der Waals surface area contributed by atoms with Gasteiger partial charge in [0.2, 0.25) is 11.8 Å². The number of carbonyl (C=O) groups excluding carboxylic acids is 2. The average Bonchev–Trinajstić information content (AvgIpc) is 2.44. The van der Waals surface area contributed by atoms with Gasteiger partial charge >= 0.3 is 0 Å². The Kier molecular flexibility index (Phi) is 6.24. The highest BCUT2D eigenvalue weighted by atomic mass is 16.6. The van der Waals surface area contributed by atoms with Crippen LogP contribution in [0.4, 0.5) is 11.4 Å². The van der Waals surface area contributed by atoms with Crippen molar-refractivity contribution in [3.05, 3.63) is 33.9 Å². The average molecular weight is 321 g/mol. The van der Waals surface area contributed by atoms with Crippen LogP contribution in [0.1, 0.15) is 39.2 Å². The molecule has 23 heavy (non-hydrogen) atoms. The fourth-order valence-electron chi connectivity index (χ4n) is 1.82. The molecule has 0 aliphatic rings. The Morgan fingerprint density at radius 2 is 1.91 bits per heavy atom. The number of benzene rings is 1. The van der Waals surface area contributed by atoms with Crippen LogP contribution in [0.5, 0.6) is 0 Å². The summed E-state index contributed by atoms with van der Waals surface area (Å²) in [5.74, 6) is -0.305. The molecule has 1 aromatic rings. The highest BCUT2D eigenvalue weighted by molar-refractivity contribution is 5.91. The Balaban J connectivity index is 2.44. The molecule has 2 N–H and O–H groups in total. The third kappa shape index (κ3) is 6.06. The summed E-state index contributed by atoms with van der Waals surface area (Å²) >= 11 is 0. The quantitative estimate of drug-likeness (QED) is 0.478. The first-order valence-electron chi connectivity index (χ1n) is 7.44. The number of nitrogens with zero attached hydrogens (tertiary/aromatic N) is 1. The van der Waals surface area contributed by atoms with Crippen LogP contribution in [0.2, 0.25) is 0 Å². The van der Waals surface area contributed by atoms with Gasteiger partial charge in [0.05, 0.1) is 4.92 Å². The summed E-state index contributed by atoms with van der Waals surface area (Å²) in [6.07, 6.45) is 0.730. The summed E-state index contributed by atoms with van der Waals surface area (Å²) in [5, 5.41) is 16.3. The summed E-state index contributed by atoms with van der Waals surface area (Å²) in [4.78, 5) is 33.9. The second-order valence-electron chi connectivity index (χ2n) is 6.42. The Labute approximate surface area is 135 Å². The van der Waals surface area contributed by atoms with Gasteiger partial charge < -0.3 is 10.6 Å². The van der Waals surface area contributed by atoms with E-state index in [1.165, 1.54) is 6.07 Å². The normalized spacial score (nSPS) is 11.0. The Morgan fingerprint density at radius 1 is 1.26 bits per heavy atom. The maximum absolute atomic E-state index is 11.8. The van der Waals surface area contributed by atoms with Crippen LogP contribution in [-0.2, 0) is 9.59 Å². The second-order valence-corrected chi connectivity index (χ2v) is 6.42. The van der Waals surface area contributed by atoms with Crippen molar-refractivity contribution >= 4 is 23.2 Å². The molecule has 0 saturated carbocycles. The summed E-state index contributed by atoms with van der Waals surface area (Å²) < 4.78 is 0. The van der Waals surface area contributed by atoms with Crippen molar-refractivity contribution in [2.75, 3.05) is 11.9 Å². The first kappa shape index (κ1) is 18.6. The van der Waals surface area contributed by atoms with Gasteiger partial charge in [-0.3, -0.25) is 19.7 Å². The minimum Gasteiger partial charge on any atom is -0.356 e. The lowest BCUT2D eigenvalue weighted by atomic mass is 9.96. The number of amides is 2. The van der Waals surface area contributed by atoms with Gasteiger partial charge in [-0.25, -0.2) is 0 Å². The minimum atomic E-state index is -0.479. The van der Waals surface area contributed by atoms with Crippen molar-refractivity contribution in [2.45, 2.75) is 40.5 Å². The molecule has 0 atom stereocenters. The molecule has 0 aliphatic heterocycles. The largest absolute Gasteiger partial charge is 0.356 e. The SMILES string of the molecule is Cc1ccc(NC(=O)CCCNC(=O)C(C)(C)C)cc1[N+](=O)[O-]. The number of hydrogen-bond donors (Lipinski definition) is 2. The Hall–Kier alpha value is -2.44. The molecule has 0 bridgehead atoms. The van der Waals surface area contributed by atoms with Gasteiger partial charge in [0.1, 0.15) is 0 Å². The highest BCUT2D eigenvalue weighted by Gasteiger charge is 2.20. The summed E-state index contributed by atoms with van der Waals surface area (Å²) in [6, 6.07) is 4.56. The molecule has 0 spiro atoms. The zero-order chi connectivity index (χ0) is 17.6. The molecule has 0 fully saturated rings. The molecule has 126 valence electrons. The molecule has 0 radical (unpaired) electrons. The van der Waals surface area contributed by atoms with Gasteiger partial charge in [-0.2, -0.15) is 0 Å². The lowest BCUT2D eigenvalue weighted by Crippen LogP contribution is -2.35. The van der Waals surface area contributed by atoms with Gasteiger partial charge in [0, 0.05) is 35.7 Å². The molecule has 0 aromatic heterocycles. The minimum absolute atomic E-state index is 0.0276. The molecular weight excluding hydrogens is 298 g/mol. The molecule has 0 saturated heterocycles. The lowest BCUT2D eigenvalue weighted by molar-refractivity contribution is -0.385. The molecule has 1 rings (SSSR count). The predicted molar refractivity (Wildman–Crippen MR) is 88.2 cm³/mol. The van der Waals surface area contributed by atoms with Gasteiger partial charge in [-0.05, 0) is 19.4 Å². The van der Waals surface area contributed by atoms with Crippen molar-refractivity contribution in [1.82, 2.24) is 5.32 Å². The first-order valence-corrected chi connectivity index (χ1v) is 7.44. The van der Waals surface area contributed by atoms with E-state index >= 15 is 0 Å². The van der Waals surface area contributed by atoms with E-state index in [-0.39, 0.29) is 23.9 Å². The van der Waals surface area contributed by atoms with E-state index in [0.29, 0.717) is 24.2 Å². The molecule has 7 heteroatoms. The van der Waals surface area contributed by atoms with E-state index in [9.17, 15) is 19.7 Å². The first-order chi connectivity index (χ1) is 10.6. The molecule has 2 amide bonds. The zero-order valence-corrected chi connectivity index (χ0v) is 13.9. The molecule has 0 aliphatic carbocycles. The smallest absolute Gasteiger partial charge is 0.274 e. The standard InChI is InChI=1S/C16H23N3O4/c1-11-7-8-12(10-13(11)19(22)23)18-14(20)6-5-9-17-15(21)16(2,3)4/h7-8,10H,5-6,9H2,1-4H3,(H,17,21)(H,18,20). The van der Waals surface area contributed by atoms with Crippen molar-refractivity contribution in [1.29, 1.82) is 0 Å². The number of nitrogens with one attached hydrogen (secondary N) is 2. The number of hydrogen-bond acceptors (Lipinski definition) is 4. The van der Waals surface area contributed by atoms with E-state index in [0.717, 1.165) is 0 Å². The molecular formula is C16H23N3O4. The van der Waals surface area contributed by atoms with E-state index in [1.54, 1.807) is 19.1 Å². The fraction of sp³-hybridized carbons (Fsp3) is 0.500. The Bertz CT molecular complexity index is 606. The third-order valence-electron chi connectivity index (χ3n) is 3.24. The van der Waals surface area contributed by atoms with Gasteiger partial charge in [-0.1, -0.05) is 26.8 Å². The Morgan fingerprint density at radius 3 is 2.48 bits per heavy atom. The fourth-order valence-corrected chi connectivity index (χ4v) is 1.82. The van der Waals surface area contributed by atoms with Crippen LogP contribution in [0.3, 0.4) is 0 Å². The van der Waals surface area contributed by atoms with Crippen molar-refractivity contribution in [2.24, 2.45) is 5.41 Å². The maximum atomic E-state index is 11.8. The number of carbonyl (C=O) groups is 2. The third-order valence-corrected chi connectivity index (χ3v) is 3.24. The van der Waals surface area contributed by atoms with Crippen LogP contribution in [-0.4, -0.2) is 23.3 Å². The van der Waals surface area contributed by atoms with E-state index in [4.69, 9.17) is 0 Å². The van der Waals surface area contributed by atoms with E-state index in [2.05, 4.69) is 10.6 Å². The van der Waals surface area contributed by atoms with Crippen molar-refractivity contribution in [3.8, 4) is 0 Å². The number of nitro benzene ring substituents is 1. The monoisotopic (exact) mass is 321 g/mol. The van der Waals surface area contributed by atoms with E-state index in [1.807, 2.05) is 20.8 Å². The molecule has 1 aromatic carbocycles. The van der Waals surface area contributed by atoms with Crippen LogP contribution in [0, 0.1) is 22.5 Å². The summed E-state index contributed by atoms with van der Waals surface area (Å²) in [7, 11) is 0. The number of nitro groups is 1. The second kappa shape index (κ2) is 7.71. The molecule has 7 nitrogen and oxygen atoms in total. The number of anilines is 1. The van der Waals surface area contributed by atoms with E-state index < -0.39 is 10.3 Å². The van der Waals surface area contributed by atoms with Crippen LogP contribution in [0.15, 0.2) is 18.2 Å². The highest BCUT2D eigenvalue weighted by Crippen LogP contribution is 2.22. The van der Waals surface area contributed by atoms with Gasteiger partial charge in [-0.15, -0.1) is 0 Å². The van der Waals surface area contributed by atoms with Crippen LogP contribution in [0.25, 0.3) is 0 Å². The zero-order valence-electron chi connectivity index (χ0n) is 13.9. The van der Waals surface area contributed by atoms with Crippen molar-refractivity contribution < 1.29 is 14.5 Å². The van der Waals surface area contributed by atoms with Crippen LogP contribution < -0.4 is 10.6 Å². The number of rotatable bonds is 6. The van der Waals surface area contributed by atoms with Gasteiger partial charge in [0.15, 0.2) is 0 Å². The molecule has 0 heterocycles. The molecule has 0 unspecified atom stereocenters. The van der Waals surface area contributed by atoms with Crippen LogP contribution >= 0.6 is 0 Å².